The third kappa shape index (κ3) is 5.09. The van der Waals surface area contributed by atoms with Crippen LogP contribution in [0.3, 0.4) is 0 Å². The van der Waals surface area contributed by atoms with Gasteiger partial charge in [-0.05, 0) is 49.2 Å². The van der Waals surface area contributed by atoms with Crippen molar-refractivity contribution in [2.75, 3.05) is 26.9 Å². The Morgan fingerprint density at radius 3 is 2.57 bits per heavy atom. The van der Waals surface area contributed by atoms with Crippen molar-refractivity contribution in [3.8, 4) is 17.2 Å². The van der Waals surface area contributed by atoms with Crippen molar-refractivity contribution in [3.05, 3.63) is 57.5 Å². The van der Waals surface area contributed by atoms with Crippen LogP contribution in [0.2, 0.25) is 5.02 Å². The molecular weight excluding hydrogens is 442 g/mol. The number of methoxy groups -OCH3 is 1. The van der Waals surface area contributed by atoms with Crippen LogP contribution in [0.1, 0.15) is 18.1 Å². The molecule has 2 aromatic carbocycles. The molecule has 1 fully saturated rings. The minimum absolute atomic E-state index is 0.101. The molecule has 0 spiro atoms. The average Bonchev–Trinajstić information content (AvgIpc) is 2.99. The van der Waals surface area contributed by atoms with E-state index < -0.39 is 0 Å². The molecule has 0 unspecified atom stereocenters. The molecule has 0 N–H and O–H groups in total. The van der Waals surface area contributed by atoms with Crippen LogP contribution < -0.4 is 14.2 Å². The van der Waals surface area contributed by atoms with E-state index in [4.69, 9.17) is 38.0 Å². The first-order chi connectivity index (χ1) is 14.4. The van der Waals surface area contributed by atoms with Crippen molar-refractivity contribution in [2.45, 2.75) is 13.8 Å². The second-order valence-electron chi connectivity index (χ2n) is 6.42. The summed E-state index contributed by atoms with van der Waals surface area (Å²) in [5.41, 5.74) is 1.79. The smallest absolute Gasteiger partial charge is 0.266 e. The maximum absolute atomic E-state index is 12.4. The summed E-state index contributed by atoms with van der Waals surface area (Å²) in [7, 11) is 1.54. The summed E-state index contributed by atoms with van der Waals surface area (Å²) in [6, 6.07) is 11.3. The molecule has 30 heavy (non-hydrogen) atoms. The number of nitrogens with zero attached hydrogens (tertiary/aromatic N) is 1. The highest BCUT2D eigenvalue weighted by Gasteiger charge is 2.30. The first-order valence-electron chi connectivity index (χ1n) is 9.38. The van der Waals surface area contributed by atoms with Gasteiger partial charge in [-0.15, -0.1) is 0 Å². The van der Waals surface area contributed by atoms with Gasteiger partial charge in [0.25, 0.3) is 5.91 Å². The quantitative estimate of drug-likeness (QED) is 0.299. The SMILES string of the molecule is CCN1C(=O)/C(=C/c2cc(Cl)c(OCCOc3ccccc3C)c(OC)c2)SC1=S. The lowest BCUT2D eigenvalue weighted by Gasteiger charge is -2.14. The number of halogens is 1. The fourth-order valence-corrected chi connectivity index (χ4v) is 4.56. The highest BCUT2D eigenvalue weighted by atomic mass is 35.5. The van der Waals surface area contributed by atoms with Crippen LogP contribution in [0, 0.1) is 6.92 Å². The van der Waals surface area contributed by atoms with E-state index in [0.29, 0.717) is 45.5 Å². The normalized spacial score (nSPS) is 15.1. The van der Waals surface area contributed by atoms with Crippen molar-refractivity contribution >= 4 is 51.9 Å². The second-order valence-corrected chi connectivity index (χ2v) is 8.51. The number of rotatable bonds is 8. The lowest BCUT2D eigenvalue weighted by atomic mass is 10.1. The lowest BCUT2D eigenvalue weighted by Crippen LogP contribution is -2.27. The molecule has 0 bridgehead atoms. The number of thiocarbonyl (C=S) groups is 1. The molecular formula is C22H22ClNO4S2. The number of hydrogen-bond acceptors (Lipinski definition) is 6. The monoisotopic (exact) mass is 463 g/mol. The average molecular weight is 464 g/mol. The fraction of sp³-hybridized carbons (Fsp3) is 0.273. The van der Waals surface area contributed by atoms with Crippen molar-refractivity contribution in [2.24, 2.45) is 0 Å². The molecule has 1 amide bonds. The number of amides is 1. The first-order valence-corrected chi connectivity index (χ1v) is 11.0. The number of thioether (sulfide) groups is 1. The Morgan fingerprint density at radius 1 is 1.17 bits per heavy atom. The van der Waals surface area contributed by atoms with Gasteiger partial charge in [0.15, 0.2) is 11.5 Å². The van der Waals surface area contributed by atoms with E-state index >= 15 is 0 Å². The maximum Gasteiger partial charge on any atom is 0.266 e. The number of para-hydroxylation sites is 1. The Labute approximate surface area is 190 Å². The number of likely N-dealkylation sites (N-methyl/N-ethyl adjacent to an activating group) is 1. The summed E-state index contributed by atoms with van der Waals surface area (Å²) in [5.74, 6) is 1.64. The molecule has 0 aromatic heterocycles. The molecule has 1 heterocycles. The zero-order chi connectivity index (χ0) is 21.7. The molecule has 158 valence electrons. The minimum atomic E-state index is -0.101. The van der Waals surface area contributed by atoms with Gasteiger partial charge in [-0.1, -0.05) is 53.8 Å². The van der Waals surface area contributed by atoms with Gasteiger partial charge in [-0.3, -0.25) is 9.69 Å². The van der Waals surface area contributed by atoms with E-state index in [1.165, 1.54) is 11.8 Å². The zero-order valence-electron chi connectivity index (χ0n) is 16.9. The molecule has 3 rings (SSSR count). The molecule has 2 aromatic rings. The number of carbonyl (C=O) groups excluding carboxylic acids is 1. The van der Waals surface area contributed by atoms with Gasteiger partial charge in [0.1, 0.15) is 23.3 Å². The summed E-state index contributed by atoms with van der Waals surface area (Å²) < 4.78 is 17.6. The zero-order valence-corrected chi connectivity index (χ0v) is 19.3. The van der Waals surface area contributed by atoms with Crippen LogP contribution in [0.5, 0.6) is 17.2 Å². The Balaban J connectivity index is 1.70. The Hall–Kier alpha value is -2.22. The van der Waals surface area contributed by atoms with Crippen LogP contribution >= 0.6 is 35.6 Å². The third-order valence-corrected chi connectivity index (χ3v) is 6.08. The summed E-state index contributed by atoms with van der Waals surface area (Å²) in [6.07, 6.45) is 1.76. The molecule has 0 radical (unpaired) electrons. The van der Waals surface area contributed by atoms with Crippen molar-refractivity contribution < 1.29 is 19.0 Å². The van der Waals surface area contributed by atoms with Crippen LogP contribution in [0.15, 0.2) is 41.3 Å². The van der Waals surface area contributed by atoms with Crippen molar-refractivity contribution in [1.82, 2.24) is 4.90 Å². The maximum atomic E-state index is 12.4. The minimum Gasteiger partial charge on any atom is -0.493 e. The molecule has 1 aliphatic rings. The van der Waals surface area contributed by atoms with Crippen LogP contribution in [-0.2, 0) is 4.79 Å². The van der Waals surface area contributed by atoms with Crippen molar-refractivity contribution in [1.29, 1.82) is 0 Å². The van der Waals surface area contributed by atoms with Crippen LogP contribution in [-0.4, -0.2) is 42.0 Å². The third-order valence-electron chi connectivity index (χ3n) is 4.42. The van der Waals surface area contributed by atoms with Gasteiger partial charge in [0.05, 0.1) is 17.0 Å². The summed E-state index contributed by atoms with van der Waals surface area (Å²) in [6.45, 7) is 5.10. The van der Waals surface area contributed by atoms with Gasteiger partial charge in [0.2, 0.25) is 0 Å². The molecule has 0 aliphatic carbocycles. The number of hydrogen-bond donors (Lipinski definition) is 0. The second kappa shape index (κ2) is 10.2. The van der Waals surface area contributed by atoms with Crippen LogP contribution in [0.25, 0.3) is 6.08 Å². The van der Waals surface area contributed by atoms with E-state index in [9.17, 15) is 4.79 Å². The molecule has 8 heteroatoms. The van der Waals surface area contributed by atoms with Gasteiger partial charge in [-0.25, -0.2) is 0 Å². The molecule has 1 saturated heterocycles. The Kier molecular flexibility index (Phi) is 7.64. The van der Waals surface area contributed by atoms with E-state index in [0.717, 1.165) is 16.9 Å². The van der Waals surface area contributed by atoms with Gasteiger partial charge in [-0.2, -0.15) is 0 Å². The number of ether oxygens (including phenoxy) is 3. The highest BCUT2D eigenvalue weighted by Crippen LogP contribution is 2.39. The first kappa shape index (κ1) is 22.5. The molecule has 0 saturated carbocycles. The molecule has 0 atom stereocenters. The summed E-state index contributed by atoms with van der Waals surface area (Å²) in [4.78, 5) is 14.5. The Bertz CT molecular complexity index is 993. The van der Waals surface area contributed by atoms with E-state index in [1.807, 2.05) is 38.1 Å². The number of carbonyl (C=O) groups is 1. The summed E-state index contributed by atoms with van der Waals surface area (Å²) >= 11 is 13.0. The standard InChI is InChI=1S/C22H22ClNO4S2/c1-4-24-21(25)19(30-22(24)29)13-15-11-16(23)20(18(12-15)26-3)28-10-9-27-17-8-6-5-7-14(17)2/h5-8,11-13H,4,9-10H2,1-3H3/b19-13-. The lowest BCUT2D eigenvalue weighted by molar-refractivity contribution is -0.121. The van der Waals surface area contributed by atoms with Crippen LogP contribution in [0.4, 0.5) is 0 Å². The summed E-state index contributed by atoms with van der Waals surface area (Å²) in [5, 5.41) is 0.391. The van der Waals surface area contributed by atoms with Gasteiger partial charge >= 0.3 is 0 Å². The van der Waals surface area contributed by atoms with Gasteiger partial charge in [0, 0.05) is 6.54 Å². The van der Waals surface area contributed by atoms with E-state index in [1.54, 1.807) is 30.2 Å². The molecule has 5 nitrogen and oxygen atoms in total. The van der Waals surface area contributed by atoms with E-state index in [2.05, 4.69) is 0 Å². The largest absolute Gasteiger partial charge is 0.493 e. The Morgan fingerprint density at radius 2 is 1.90 bits per heavy atom. The number of benzene rings is 2. The fourth-order valence-electron chi connectivity index (χ4n) is 2.90. The van der Waals surface area contributed by atoms with Crippen molar-refractivity contribution in [3.63, 3.8) is 0 Å². The number of aryl methyl sites for hydroxylation is 1. The van der Waals surface area contributed by atoms with E-state index in [-0.39, 0.29) is 5.91 Å². The topological polar surface area (TPSA) is 48.0 Å². The predicted octanol–water partition coefficient (Wildman–Crippen LogP) is 5.34. The van der Waals surface area contributed by atoms with Gasteiger partial charge < -0.3 is 14.2 Å². The molecule has 1 aliphatic heterocycles. The predicted molar refractivity (Wildman–Crippen MR) is 126 cm³/mol. The highest BCUT2D eigenvalue weighted by molar-refractivity contribution is 8.26.